The number of aromatic nitrogens is 2. The van der Waals surface area contributed by atoms with Crippen LogP contribution < -0.4 is 11.1 Å². The first-order valence-electron chi connectivity index (χ1n) is 5.63. The first-order valence-corrected chi connectivity index (χ1v) is 6.57. The van der Waals surface area contributed by atoms with Gasteiger partial charge in [0.25, 0.3) is 11.6 Å². The molecule has 0 unspecified atom stereocenters. The molecule has 1 amide bonds. The Morgan fingerprint density at radius 2 is 2.30 bits per heavy atom. The van der Waals surface area contributed by atoms with Crippen molar-refractivity contribution in [2.75, 3.05) is 12.3 Å². The Labute approximate surface area is 117 Å². The zero-order valence-corrected chi connectivity index (χ0v) is 11.1. The summed E-state index contributed by atoms with van der Waals surface area (Å²) in [6, 6.07) is 1.11. The van der Waals surface area contributed by atoms with Crippen LogP contribution in [0.25, 0.3) is 0 Å². The van der Waals surface area contributed by atoms with Gasteiger partial charge in [0.1, 0.15) is 12.0 Å². The fraction of sp³-hybridized carbons (Fsp3) is 0.182. The molecule has 2 heterocycles. The van der Waals surface area contributed by atoms with Gasteiger partial charge in [-0.3, -0.25) is 14.9 Å². The Morgan fingerprint density at radius 3 is 2.95 bits per heavy atom. The number of nitro groups is 1. The summed E-state index contributed by atoms with van der Waals surface area (Å²) in [5.41, 5.74) is 7.86. The maximum absolute atomic E-state index is 11.9. The van der Waals surface area contributed by atoms with Crippen LogP contribution in [-0.2, 0) is 6.42 Å². The number of nitrogen functional groups attached to an aromatic ring is 1. The van der Waals surface area contributed by atoms with E-state index in [4.69, 9.17) is 5.73 Å². The van der Waals surface area contributed by atoms with E-state index >= 15 is 0 Å². The van der Waals surface area contributed by atoms with Gasteiger partial charge in [-0.25, -0.2) is 9.97 Å². The molecular weight excluding hydrogens is 282 g/mol. The number of thiazole rings is 1. The van der Waals surface area contributed by atoms with E-state index in [0.29, 0.717) is 13.0 Å². The molecule has 0 aliphatic heterocycles. The van der Waals surface area contributed by atoms with Crippen molar-refractivity contribution in [2.24, 2.45) is 0 Å². The van der Waals surface area contributed by atoms with Gasteiger partial charge in [-0.05, 0) is 0 Å². The van der Waals surface area contributed by atoms with E-state index in [9.17, 15) is 14.9 Å². The van der Waals surface area contributed by atoms with Gasteiger partial charge in [-0.2, -0.15) is 0 Å². The van der Waals surface area contributed by atoms with Crippen LogP contribution in [0.2, 0.25) is 0 Å². The Balaban J connectivity index is 2.01. The van der Waals surface area contributed by atoms with E-state index in [0.717, 1.165) is 18.0 Å². The number of hydrogen-bond acceptors (Lipinski definition) is 7. The number of nitrogens with one attached hydrogen (secondary N) is 1. The number of carbonyl (C=O) groups excluding carboxylic acids is 1. The second-order valence-electron chi connectivity index (χ2n) is 3.87. The first-order chi connectivity index (χ1) is 9.58. The Morgan fingerprint density at radius 1 is 1.50 bits per heavy atom. The molecule has 104 valence electrons. The number of anilines is 1. The van der Waals surface area contributed by atoms with Crippen molar-refractivity contribution in [3.8, 4) is 0 Å². The number of carbonyl (C=O) groups is 1. The van der Waals surface area contributed by atoms with Gasteiger partial charge in [0.15, 0.2) is 0 Å². The fourth-order valence-corrected chi connectivity index (χ4v) is 2.10. The molecule has 0 bridgehead atoms. The third kappa shape index (κ3) is 3.26. The SMILES string of the molecule is Nc1ncc([N+](=O)[O-])cc1C(=O)NCCc1cscn1. The minimum absolute atomic E-state index is 0.00234. The third-order valence-corrected chi connectivity index (χ3v) is 3.14. The lowest BCUT2D eigenvalue weighted by atomic mass is 10.2. The van der Waals surface area contributed by atoms with Crippen LogP contribution in [-0.4, -0.2) is 27.3 Å². The summed E-state index contributed by atoms with van der Waals surface area (Å²) in [4.78, 5) is 29.6. The van der Waals surface area contributed by atoms with Gasteiger partial charge in [0.2, 0.25) is 0 Å². The van der Waals surface area contributed by atoms with Crippen LogP contribution in [0.5, 0.6) is 0 Å². The fourth-order valence-electron chi connectivity index (χ4n) is 1.51. The van der Waals surface area contributed by atoms with E-state index in [2.05, 4.69) is 15.3 Å². The van der Waals surface area contributed by atoms with Crippen LogP contribution in [0.4, 0.5) is 11.5 Å². The van der Waals surface area contributed by atoms with Gasteiger partial charge in [0, 0.05) is 24.4 Å². The molecule has 0 aliphatic carbocycles. The lowest BCUT2D eigenvalue weighted by Crippen LogP contribution is -2.27. The average Bonchev–Trinajstić information content (AvgIpc) is 2.92. The molecule has 0 atom stereocenters. The molecular formula is C11H11N5O3S. The minimum atomic E-state index is -0.626. The standard InChI is InChI=1S/C11H11N5O3S/c12-10-9(3-8(4-14-10)16(18)19)11(17)13-2-1-7-5-20-6-15-7/h3-6H,1-2H2,(H2,12,14)(H,13,17). The lowest BCUT2D eigenvalue weighted by Gasteiger charge is -2.06. The van der Waals surface area contributed by atoms with Gasteiger partial charge in [-0.1, -0.05) is 0 Å². The summed E-state index contributed by atoms with van der Waals surface area (Å²) in [5, 5.41) is 15.2. The molecule has 20 heavy (non-hydrogen) atoms. The van der Waals surface area contributed by atoms with Crippen molar-refractivity contribution in [1.29, 1.82) is 0 Å². The van der Waals surface area contributed by atoms with E-state index in [1.807, 2.05) is 5.38 Å². The smallest absolute Gasteiger partial charge is 0.288 e. The first kappa shape index (κ1) is 13.9. The summed E-state index contributed by atoms with van der Waals surface area (Å²) >= 11 is 1.47. The predicted molar refractivity (Wildman–Crippen MR) is 73.5 cm³/mol. The molecule has 0 spiro atoms. The summed E-state index contributed by atoms with van der Waals surface area (Å²) in [6.07, 6.45) is 1.60. The number of amides is 1. The van der Waals surface area contributed by atoms with Crippen LogP contribution >= 0.6 is 11.3 Å². The molecule has 0 fully saturated rings. The molecule has 0 radical (unpaired) electrons. The second kappa shape index (κ2) is 6.06. The largest absolute Gasteiger partial charge is 0.383 e. The molecule has 0 saturated carbocycles. The molecule has 0 aliphatic rings. The highest BCUT2D eigenvalue weighted by molar-refractivity contribution is 7.07. The number of hydrogen-bond donors (Lipinski definition) is 2. The number of pyridine rings is 1. The van der Waals surface area contributed by atoms with Gasteiger partial charge in [-0.15, -0.1) is 11.3 Å². The van der Waals surface area contributed by atoms with Crippen LogP contribution in [0.3, 0.4) is 0 Å². The zero-order chi connectivity index (χ0) is 14.5. The molecule has 0 aromatic carbocycles. The quantitative estimate of drug-likeness (QED) is 0.626. The Hall–Kier alpha value is -2.55. The number of nitrogens with two attached hydrogens (primary N) is 1. The summed E-state index contributed by atoms with van der Waals surface area (Å²) in [5.74, 6) is -0.532. The van der Waals surface area contributed by atoms with Crippen molar-refractivity contribution in [3.05, 3.63) is 44.5 Å². The van der Waals surface area contributed by atoms with E-state index in [1.54, 1.807) is 5.51 Å². The maximum Gasteiger partial charge on any atom is 0.288 e. The van der Waals surface area contributed by atoms with Crippen molar-refractivity contribution < 1.29 is 9.72 Å². The predicted octanol–water partition coefficient (Wildman–Crippen LogP) is 1.00. The third-order valence-electron chi connectivity index (χ3n) is 2.51. The monoisotopic (exact) mass is 293 g/mol. The summed E-state index contributed by atoms with van der Waals surface area (Å²) < 4.78 is 0. The molecule has 8 nitrogen and oxygen atoms in total. The molecule has 3 N–H and O–H groups in total. The highest BCUT2D eigenvalue weighted by Gasteiger charge is 2.16. The van der Waals surface area contributed by atoms with Crippen molar-refractivity contribution in [3.63, 3.8) is 0 Å². The molecule has 2 aromatic heterocycles. The van der Waals surface area contributed by atoms with E-state index < -0.39 is 10.8 Å². The Kier molecular flexibility index (Phi) is 4.20. The average molecular weight is 293 g/mol. The maximum atomic E-state index is 11.9. The van der Waals surface area contributed by atoms with Gasteiger partial charge in [0.05, 0.1) is 21.7 Å². The molecule has 0 saturated heterocycles. The lowest BCUT2D eigenvalue weighted by molar-refractivity contribution is -0.385. The second-order valence-corrected chi connectivity index (χ2v) is 4.59. The van der Waals surface area contributed by atoms with E-state index in [1.165, 1.54) is 11.3 Å². The topological polar surface area (TPSA) is 124 Å². The summed E-state index contributed by atoms with van der Waals surface area (Å²) in [7, 11) is 0. The summed E-state index contributed by atoms with van der Waals surface area (Å²) in [6.45, 7) is 0.366. The minimum Gasteiger partial charge on any atom is -0.383 e. The van der Waals surface area contributed by atoms with Crippen molar-refractivity contribution in [2.45, 2.75) is 6.42 Å². The highest BCUT2D eigenvalue weighted by atomic mass is 32.1. The van der Waals surface area contributed by atoms with Crippen LogP contribution in [0.1, 0.15) is 16.1 Å². The normalized spacial score (nSPS) is 10.2. The number of rotatable bonds is 5. The molecule has 2 aromatic rings. The Bertz CT molecular complexity index is 629. The van der Waals surface area contributed by atoms with Gasteiger partial charge < -0.3 is 11.1 Å². The van der Waals surface area contributed by atoms with Crippen molar-refractivity contribution in [1.82, 2.24) is 15.3 Å². The van der Waals surface area contributed by atoms with Gasteiger partial charge >= 0.3 is 0 Å². The van der Waals surface area contributed by atoms with Crippen LogP contribution in [0, 0.1) is 10.1 Å². The molecule has 9 heteroatoms. The highest BCUT2D eigenvalue weighted by Crippen LogP contribution is 2.16. The van der Waals surface area contributed by atoms with Crippen molar-refractivity contribution >= 4 is 28.7 Å². The van der Waals surface area contributed by atoms with Crippen LogP contribution in [0.15, 0.2) is 23.2 Å². The number of nitrogens with zero attached hydrogens (tertiary/aromatic N) is 3. The zero-order valence-electron chi connectivity index (χ0n) is 10.3. The molecule has 2 rings (SSSR count). The van der Waals surface area contributed by atoms with E-state index in [-0.39, 0.29) is 17.1 Å².